The Hall–Kier alpha value is -1.67. The molecule has 0 spiro atoms. The summed E-state index contributed by atoms with van der Waals surface area (Å²) in [5.74, 6) is 0.176. The Morgan fingerprint density at radius 1 is 1.38 bits per heavy atom. The van der Waals surface area contributed by atoms with E-state index in [1.807, 2.05) is 0 Å². The van der Waals surface area contributed by atoms with Gasteiger partial charge < -0.3 is 20.6 Å². The van der Waals surface area contributed by atoms with Crippen molar-refractivity contribution in [2.24, 2.45) is 10.7 Å². The van der Waals surface area contributed by atoms with Crippen LogP contribution in [0.15, 0.2) is 38.5 Å². The van der Waals surface area contributed by atoms with Crippen molar-refractivity contribution in [1.82, 2.24) is 0 Å². The number of nitrogens with zero attached hydrogens (tertiary/aromatic N) is 1. The largest absolute Gasteiger partial charge is 0.465 e. The smallest absolute Gasteiger partial charge is 0.346 e. The van der Waals surface area contributed by atoms with Gasteiger partial charge in [-0.1, -0.05) is 6.07 Å². The van der Waals surface area contributed by atoms with Gasteiger partial charge in [0.2, 0.25) is 0 Å². The summed E-state index contributed by atoms with van der Waals surface area (Å²) in [6.07, 6.45) is 0.644. The predicted octanol–water partition coefficient (Wildman–Crippen LogP) is 1.97. The molecule has 8 heteroatoms. The number of fused-ring (bicyclic) bond motifs is 1. The van der Waals surface area contributed by atoms with E-state index in [0.717, 1.165) is 5.39 Å². The summed E-state index contributed by atoms with van der Waals surface area (Å²) in [5.41, 5.74) is 11.0. The fourth-order valence-electron chi connectivity index (χ4n) is 1.68. The van der Waals surface area contributed by atoms with Gasteiger partial charge in [0.05, 0.1) is 12.0 Å². The van der Waals surface area contributed by atoms with Crippen molar-refractivity contribution in [2.75, 3.05) is 18.9 Å². The highest BCUT2D eigenvalue weighted by molar-refractivity contribution is 8.93. The summed E-state index contributed by atoms with van der Waals surface area (Å²) in [6.45, 7) is 0.873. The minimum Gasteiger partial charge on any atom is -0.465 e. The minimum atomic E-state index is -0.470. The van der Waals surface area contributed by atoms with E-state index >= 15 is 0 Å². The molecule has 21 heavy (non-hydrogen) atoms. The minimum absolute atomic E-state index is 0. The van der Waals surface area contributed by atoms with Crippen LogP contribution in [0, 0.1) is 0 Å². The number of hydrogen-bond acceptors (Lipinski definition) is 5. The zero-order valence-electron chi connectivity index (χ0n) is 11.1. The van der Waals surface area contributed by atoms with E-state index in [9.17, 15) is 4.79 Å². The molecule has 1 aromatic carbocycles. The number of rotatable bonds is 5. The van der Waals surface area contributed by atoms with Gasteiger partial charge in [-0.25, -0.2) is 4.79 Å². The summed E-state index contributed by atoms with van der Waals surface area (Å²) in [7, 11) is 0. The standard InChI is InChI=1S/C13H15N3O3S.BrH/c14-9-3-2-8-6-11(19-12(17)10(8)7-9)18-5-1-4-16-13(15)20;/h2-3,6-7H,1,4-5,14H2,(H3,15,16,20);1H. The van der Waals surface area contributed by atoms with Gasteiger partial charge in [-0.2, -0.15) is 0 Å². The van der Waals surface area contributed by atoms with Crippen molar-refractivity contribution in [3.8, 4) is 5.95 Å². The highest BCUT2D eigenvalue weighted by Crippen LogP contribution is 2.19. The molecule has 0 unspecified atom stereocenters. The molecule has 0 amide bonds. The summed E-state index contributed by atoms with van der Waals surface area (Å²) >= 11 is 3.85. The molecule has 0 saturated carbocycles. The van der Waals surface area contributed by atoms with Crippen molar-refractivity contribution >= 4 is 51.2 Å². The molecule has 1 heterocycles. The third kappa shape index (κ3) is 4.98. The normalized spacial score (nSPS) is 11.2. The van der Waals surface area contributed by atoms with Crippen molar-refractivity contribution in [2.45, 2.75) is 6.42 Å². The van der Waals surface area contributed by atoms with Gasteiger partial charge >= 0.3 is 5.63 Å². The van der Waals surface area contributed by atoms with Crippen LogP contribution in [0.25, 0.3) is 10.8 Å². The van der Waals surface area contributed by atoms with Gasteiger partial charge in [-0.3, -0.25) is 4.99 Å². The van der Waals surface area contributed by atoms with E-state index < -0.39 is 5.63 Å². The van der Waals surface area contributed by atoms with Gasteiger partial charge in [0.1, 0.15) is 0 Å². The van der Waals surface area contributed by atoms with E-state index in [1.165, 1.54) is 0 Å². The third-order valence-corrected chi connectivity index (χ3v) is 2.73. The Kier molecular flexibility index (Phi) is 6.57. The second-order valence-electron chi connectivity index (χ2n) is 4.14. The molecule has 0 aliphatic rings. The van der Waals surface area contributed by atoms with Gasteiger partial charge in [0.25, 0.3) is 5.95 Å². The lowest BCUT2D eigenvalue weighted by Crippen LogP contribution is -2.07. The molecular weight excluding hydrogens is 358 g/mol. The first-order valence-electron chi connectivity index (χ1n) is 6.01. The van der Waals surface area contributed by atoms with E-state index in [0.29, 0.717) is 30.6 Å². The first-order chi connectivity index (χ1) is 9.56. The first kappa shape index (κ1) is 17.4. The van der Waals surface area contributed by atoms with E-state index in [1.54, 1.807) is 24.3 Å². The fourth-order valence-corrected chi connectivity index (χ4v) is 1.78. The third-order valence-electron chi connectivity index (χ3n) is 2.58. The van der Waals surface area contributed by atoms with E-state index in [4.69, 9.17) is 20.6 Å². The lowest BCUT2D eigenvalue weighted by molar-refractivity contribution is 0.230. The topological polar surface area (TPSA) is 104 Å². The molecule has 4 N–H and O–H groups in total. The molecule has 114 valence electrons. The SMILES string of the molecule is Br.NC(S)=NCCCOc1cc2ccc(N)cc2c(=O)o1. The molecule has 0 fully saturated rings. The molecule has 0 atom stereocenters. The Balaban J connectivity index is 0.00000220. The molecule has 6 nitrogen and oxygen atoms in total. The van der Waals surface area contributed by atoms with Crippen molar-refractivity contribution in [3.05, 3.63) is 34.7 Å². The van der Waals surface area contributed by atoms with Gasteiger partial charge in [0.15, 0.2) is 5.17 Å². The maximum absolute atomic E-state index is 11.8. The molecule has 0 radical (unpaired) electrons. The lowest BCUT2D eigenvalue weighted by atomic mass is 10.2. The molecule has 0 aliphatic carbocycles. The number of amidine groups is 1. The number of nitrogen functional groups attached to an aromatic ring is 1. The van der Waals surface area contributed by atoms with E-state index in [-0.39, 0.29) is 28.1 Å². The van der Waals surface area contributed by atoms with Crippen LogP contribution in [0.2, 0.25) is 0 Å². The Bertz CT molecular complexity index is 699. The second-order valence-corrected chi connectivity index (χ2v) is 4.60. The molecular formula is C13H16BrN3O3S. The maximum atomic E-state index is 11.8. The average Bonchev–Trinajstić information content (AvgIpc) is 2.39. The average molecular weight is 374 g/mol. The molecule has 1 aromatic heterocycles. The number of nitrogens with two attached hydrogens (primary N) is 2. The van der Waals surface area contributed by atoms with Crippen molar-refractivity contribution in [1.29, 1.82) is 0 Å². The van der Waals surface area contributed by atoms with Crippen LogP contribution in [-0.4, -0.2) is 18.3 Å². The number of thiol groups is 1. The summed E-state index contributed by atoms with van der Waals surface area (Å²) in [5, 5.41) is 1.40. The number of hydrogen-bond donors (Lipinski definition) is 3. The van der Waals surface area contributed by atoms with Gasteiger partial charge in [0, 0.05) is 24.7 Å². The van der Waals surface area contributed by atoms with Crippen molar-refractivity contribution < 1.29 is 9.15 Å². The summed E-state index contributed by atoms with van der Waals surface area (Å²) in [6, 6.07) is 6.71. The molecule has 0 saturated heterocycles. The van der Waals surface area contributed by atoms with E-state index in [2.05, 4.69) is 17.6 Å². The predicted molar refractivity (Wildman–Crippen MR) is 92.8 cm³/mol. The van der Waals surface area contributed by atoms with Crippen LogP contribution >= 0.6 is 29.6 Å². The second kappa shape index (κ2) is 7.94. The molecule has 0 bridgehead atoms. The Morgan fingerprint density at radius 2 is 2.14 bits per heavy atom. The van der Waals surface area contributed by atoms with Crippen LogP contribution in [0.3, 0.4) is 0 Å². The summed E-state index contributed by atoms with van der Waals surface area (Å²) < 4.78 is 10.4. The van der Waals surface area contributed by atoms with Crippen LogP contribution in [0.4, 0.5) is 5.69 Å². The molecule has 2 aromatic rings. The highest BCUT2D eigenvalue weighted by Gasteiger charge is 2.05. The van der Waals surface area contributed by atoms with Crippen LogP contribution in [-0.2, 0) is 0 Å². The molecule has 0 aliphatic heterocycles. The summed E-state index contributed by atoms with van der Waals surface area (Å²) in [4.78, 5) is 15.7. The van der Waals surface area contributed by atoms with Crippen molar-refractivity contribution in [3.63, 3.8) is 0 Å². The maximum Gasteiger partial charge on any atom is 0.346 e. The zero-order valence-corrected chi connectivity index (χ0v) is 13.7. The lowest BCUT2D eigenvalue weighted by Gasteiger charge is -2.05. The fraction of sp³-hybridized carbons (Fsp3) is 0.231. The number of benzene rings is 1. The first-order valence-corrected chi connectivity index (χ1v) is 6.46. The van der Waals surface area contributed by atoms with Crippen LogP contribution in [0.1, 0.15) is 6.42 Å². The number of ether oxygens (including phenoxy) is 1. The monoisotopic (exact) mass is 373 g/mol. The quantitative estimate of drug-likeness (QED) is 0.244. The Morgan fingerprint density at radius 3 is 2.86 bits per heavy atom. The number of aliphatic imine (C=N–C) groups is 1. The van der Waals surface area contributed by atoms with Gasteiger partial charge in [-0.05, 0) is 17.5 Å². The number of halogens is 1. The highest BCUT2D eigenvalue weighted by atomic mass is 79.9. The Labute approximate surface area is 137 Å². The molecule has 2 rings (SSSR count). The number of anilines is 1. The van der Waals surface area contributed by atoms with Crippen LogP contribution in [0.5, 0.6) is 5.95 Å². The van der Waals surface area contributed by atoms with Crippen LogP contribution < -0.4 is 21.8 Å². The van der Waals surface area contributed by atoms with Gasteiger partial charge in [-0.15, -0.1) is 29.6 Å². The zero-order chi connectivity index (χ0) is 14.5.